The van der Waals surface area contributed by atoms with Crippen molar-refractivity contribution >= 4 is 5.91 Å². The fourth-order valence-corrected chi connectivity index (χ4v) is 2.91. The van der Waals surface area contributed by atoms with E-state index < -0.39 is 0 Å². The number of carbonyl (C=O) groups is 1. The lowest BCUT2D eigenvalue weighted by Crippen LogP contribution is -2.23. The van der Waals surface area contributed by atoms with Gasteiger partial charge in [-0.3, -0.25) is 4.79 Å². The van der Waals surface area contributed by atoms with Crippen LogP contribution in [0.25, 0.3) is 0 Å². The second kappa shape index (κ2) is 26.7. The van der Waals surface area contributed by atoms with Crippen molar-refractivity contribution in [1.82, 2.24) is 10.6 Å². The van der Waals surface area contributed by atoms with Crippen LogP contribution in [0.15, 0.2) is 0 Å². The maximum absolute atomic E-state index is 11.4. The van der Waals surface area contributed by atoms with E-state index in [-0.39, 0.29) is 5.91 Å². The van der Waals surface area contributed by atoms with Gasteiger partial charge in [-0.2, -0.15) is 0 Å². The highest BCUT2D eigenvalue weighted by atomic mass is 16.1. The summed E-state index contributed by atoms with van der Waals surface area (Å²) in [5.41, 5.74) is 0. The molecule has 0 saturated carbocycles. The lowest BCUT2D eigenvalue weighted by Gasteiger charge is -2.04. The van der Waals surface area contributed by atoms with Crippen molar-refractivity contribution in [2.24, 2.45) is 0 Å². The molecule has 0 aromatic rings. The fourth-order valence-electron chi connectivity index (χ4n) is 2.91. The van der Waals surface area contributed by atoms with E-state index in [0.717, 1.165) is 38.9 Å². The van der Waals surface area contributed by atoms with E-state index in [9.17, 15) is 4.79 Å². The van der Waals surface area contributed by atoms with E-state index in [4.69, 9.17) is 0 Å². The molecule has 2 N–H and O–H groups in total. The molecule has 0 atom stereocenters. The van der Waals surface area contributed by atoms with Crippen molar-refractivity contribution in [3.05, 3.63) is 0 Å². The summed E-state index contributed by atoms with van der Waals surface area (Å²) in [6, 6.07) is 0. The van der Waals surface area contributed by atoms with Crippen LogP contribution in [0, 0.1) is 0 Å². The van der Waals surface area contributed by atoms with Crippen LogP contribution in [-0.2, 0) is 4.79 Å². The minimum absolute atomic E-state index is 0.236. The normalized spacial score (nSPS) is 10.3. The molecule has 0 bridgehead atoms. The Labute approximate surface area is 165 Å². The molecule has 0 fully saturated rings. The van der Waals surface area contributed by atoms with E-state index in [2.05, 4.69) is 38.3 Å². The molecule has 0 saturated heterocycles. The van der Waals surface area contributed by atoms with E-state index in [1.165, 1.54) is 77.0 Å². The molecule has 0 unspecified atom stereocenters. The van der Waals surface area contributed by atoms with Gasteiger partial charge in [-0.25, -0.2) is 0 Å². The molecule has 0 aromatic heterocycles. The number of hydrogen-bond donors (Lipinski definition) is 2. The molecule has 0 rings (SSSR count). The average molecular weight is 371 g/mol. The molecule has 3 nitrogen and oxygen atoms in total. The van der Waals surface area contributed by atoms with Crippen molar-refractivity contribution in [2.45, 2.75) is 124 Å². The molecule has 0 spiro atoms. The molecule has 1 amide bonds. The van der Waals surface area contributed by atoms with Crippen LogP contribution in [0.1, 0.15) is 124 Å². The van der Waals surface area contributed by atoms with Crippen molar-refractivity contribution in [3.8, 4) is 0 Å². The van der Waals surface area contributed by atoms with Crippen LogP contribution in [0.5, 0.6) is 0 Å². The summed E-state index contributed by atoms with van der Waals surface area (Å²) < 4.78 is 0. The van der Waals surface area contributed by atoms with Gasteiger partial charge in [-0.05, 0) is 25.9 Å². The Hall–Kier alpha value is -0.570. The molecular weight excluding hydrogens is 320 g/mol. The van der Waals surface area contributed by atoms with Gasteiger partial charge in [-0.15, -0.1) is 0 Å². The molecule has 0 aromatic carbocycles. The average Bonchev–Trinajstić information content (AvgIpc) is 2.65. The lowest BCUT2D eigenvalue weighted by molar-refractivity contribution is -0.121. The number of amides is 1. The molecule has 26 heavy (non-hydrogen) atoms. The van der Waals surface area contributed by atoms with E-state index in [1.807, 2.05) is 0 Å². The Balaban J connectivity index is 0. The smallest absolute Gasteiger partial charge is 0.219 e. The third-order valence-electron chi connectivity index (χ3n) is 4.58. The van der Waals surface area contributed by atoms with Crippen LogP contribution in [-0.4, -0.2) is 25.5 Å². The highest BCUT2D eigenvalue weighted by Gasteiger charge is 1.99. The molecule has 0 heterocycles. The molecule has 0 aliphatic rings. The largest absolute Gasteiger partial charge is 0.356 e. The SMILES string of the molecule is CCCCCCCCCCCCCCCC(=O)NCCC.CCNCC. The first-order chi connectivity index (χ1) is 12.7. The second-order valence-electron chi connectivity index (χ2n) is 7.30. The van der Waals surface area contributed by atoms with Gasteiger partial charge in [0.05, 0.1) is 0 Å². The number of nitrogens with one attached hydrogen (secondary N) is 2. The summed E-state index contributed by atoms with van der Waals surface area (Å²) >= 11 is 0. The molecular formula is C23H50N2O. The van der Waals surface area contributed by atoms with Crippen molar-refractivity contribution < 1.29 is 4.79 Å². The standard InChI is InChI=1S/C19H39NO.C4H11N/c1-3-5-6-7-8-9-10-11-12-13-14-15-16-17-19(21)20-18-4-2;1-3-5-4-2/h3-18H2,1-2H3,(H,20,21);5H,3-4H2,1-2H3. The fraction of sp³-hybridized carbons (Fsp3) is 0.957. The lowest BCUT2D eigenvalue weighted by atomic mass is 10.0. The van der Waals surface area contributed by atoms with Crippen LogP contribution < -0.4 is 10.6 Å². The summed E-state index contributed by atoms with van der Waals surface area (Å²) in [6.07, 6.45) is 19.4. The summed E-state index contributed by atoms with van der Waals surface area (Å²) in [5, 5.41) is 6.05. The zero-order chi connectivity index (χ0) is 19.7. The van der Waals surface area contributed by atoms with Crippen LogP contribution in [0.3, 0.4) is 0 Å². The minimum Gasteiger partial charge on any atom is -0.356 e. The first-order valence-electron chi connectivity index (χ1n) is 11.7. The van der Waals surface area contributed by atoms with E-state index >= 15 is 0 Å². The third kappa shape index (κ3) is 28.2. The van der Waals surface area contributed by atoms with Gasteiger partial charge in [0.15, 0.2) is 0 Å². The predicted molar refractivity (Wildman–Crippen MR) is 118 cm³/mol. The first kappa shape index (κ1) is 27.6. The van der Waals surface area contributed by atoms with Gasteiger partial charge in [0.25, 0.3) is 0 Å². The van der Waals surface area contributed by atoms with Crippen molar-refractivity contribution in [3.63, 3.8) is 0 Å². The van der Waals surface area contributed by atoms with Gasteiger partial charge in [0.2, 0.25) is 5.91 Å². The molecule has 0 aliphatic carbocycles. The van der Waals surface area contributed by atoms with Gasteiger partial charge in [0.1, 0.15) is 0 Å². The van der Waals surface area contributed by atoms with Gasteiger partial charge in [0, 0.05) is 13.0 Å². The van der Waals surface area contributed by atoms with E-state index in [0.29, 0.717) is 0 Å². The zero-order valence-corrected chi connectivity index (χ0v) is 18.6. The quantitative estimate of drug-likeness (QED) is 0.266. The molecule has 0 aliphatic heterocycles. The molecule has 3 heteroatoms. The number of hydrogen-bond acceptors (Lipinski definition) is 2. The molecule has 0 radical (unpaired) electrons. The Morgan fingerprint density at radius 1 is 0.577 bits per heavy atom. The van der Waals surface area contributed by atoms with Crippen LogP contribution >= 0.6 is 0 Å². The zero-order valence-electron chi connectivity index (χ0n) is 18.6. The summed E-state index contributed by atoms with van der Waals surface area (Å²) in [5.74, 6) is 0.236. The second-order valence-corrected chi connectivity index (χ2v) is 7.30. The summed E-state index contributed by atoms with van der Waals surface area (Å²) in [4.78, 5) is 11.4. The minimum atomic E-state index is 0.236. The maximum Gasteiger partial charge on any atom is 0.219 e. The first-order valence-corrected chi connectivity index (χ1v) is 11.7. The Kier molecular flexibility index (Phi) is 28.3. The van der Waals surface area contributed by atoms with Crippen LogP contribution in [0.4, 0.5) is 0 Å². The highest BCUT2D eigenvalue weighted by Crippen LogP contribution is 2.12. The van der Waals surface area contributed by atoms with Gasteiger partial charge < -0.3 is 10.6 Å². The Bertz CT molecular complexity index is 255. The van der Waals surface area contributed by atoms with E-state index in [1.54, 1.807) is 0 Å². The van der Waals surface area contributed by atoms with Gasteiger partial charge >= 0.3 is 0 Å². The van der Waals surface area contributed by atoms with Crippen molar-refractivity contribution in [1.29, 1.82) is 0 Å². The Morgan fingerprint density at radius 2 is 1.00 bits per heavy atom. The Morgan fingerprint density at radius 3 is 1.35 bits per heavy atom. The van der Waals surface area contributed by atoms with Crippen molar-refractivity contribution in [2.75, 3.05) is 19.6 Å². The number of carbonyl (C=O) groups excluding carboxylic acids is 1. The maximum atomic E-state index is 11.4. The summed E-state index contributed by atoms with van der Waals surface area (Å²) in [7, 11) is 0. The van der Waals surface area contributed by atoms with Crippen LogP contribution in [0.2, 0.25) is 0 Å². The molecule has 158 valence electrons. The third-order valence-corrected chi connectivity index (χ3v) is 4.58. The summed E-state index contributed by atoms with van der Waals surface area (Å²) in [6.45, 7) is 11.6. The predicted octanol–water partition coefficient (Wildman–Crippen LogP) is 6.61. The van der Waals surface area contributed by atoms with Gasteiger partial charge in [-0.1, -0.05) is 105 Å². The number of rotatable bonds is 18. The number of unbranched alkanes of at least 4 members (excludes halogenated alkanes) is 12. The topological polar surface area (TPSA) is 41.1 Å². The monoisotopic (exact) mass is 370 g/mol. The highest BCUT2D eigenvalue weighted by molar-refractivity contribution is 5.75.